The fraction of sp³-hybridized carbons (Fsp3) is 0.900. The molecule has 0 saturated carbocycles. The van der Waals surface area contributed by atoms with Crippen LogP contribution < -0.4 is 0 Å². The minimum atomic E-state index is -1.81. The molecule has 3 nitrogen and oxygen atoms in total. The van der Waals surface area contributed by atoms with Crippen LogP contribution in [0.15, 0.2) is 12.7 Å². The summed E-state index contributed by atoms with van der Waals surface area (Å²) in [6, 6.07) is 0. The van der Waals surface area contributed by atoms with Gasteiger partial charge in [0.05, 0.1) is 18.8 Å². The van der Waals surface area contributed by atoms with Crippen LogP contribution in [0.5, 0.6) is 0 Å². The first kappa shape index (κ1) is 25.1. The van der Waals surface area contributed by atoms with Crippen LogP contribution in [0.3, 0.4) is 0 Å². The van der Waals surface area contributed by atoms with E-state index in [4.69, 9.17) is 13.6 Å². The fourth-order valence-electron chi connectivity index (χ4n) is 2.02. The normalized spacial score (nSPS) is 16.6. The first-order chi connectivity index (χ1) is 11.1. The van der Waals surface area contributed by atoms with Crippen molar-refractivity contribution >= 4 is 16.6 Å². The molecule has 0 aromatic carbocycles. The van der Waals surface area contributed by atoms with Crippen molar-refractivity contribution in [3.63, 3.8) is 0 Å². The molecule has 0 unspecified atom stereocenters. The molecule has 5 heteroatoms. The predicted octanol–water partition coefficient (Wildman–Crippen LogP) is 6.38. The van der Waals surface area contributed by atoms with Gasteiger partial charge in [-0.05, 0) is 42.7 Å². The lowest BCUT2D eigenvalue weighted by Crippen LogP contribution is -2.46. The van der Waals surface area contributed by atoms with Crippen molar-refractivity contribution in [3.05, 3.63) is 12.7 Å². The van der Waals surface area contributed by atoms with Gasteiger partial charge in [0.25, 0.3) is 0 Å². The van der Waals surface area contributed by atoms with E-state index in [1.165, 1.54) is 0 Å². The second kappa shape index (κ2) is 9.31. The second-order valence-electron chi connectivity index (χ2n) is 10.2. The molecule has 0 aliphatic carbocycles. The number of hydrogen-bond donors (Lipinski definition) is 0. The Hall–Kier alpha value is 0.0538. The van der Waals surface area contributed by atoms with Crippen LogP contribution >= 0.6 is 0 Å². The molecule has 0 heterocycles. The molecule has 0 amide bonds. The van der Waals surface area contributed by atoms with Crippen molar-refractivity contribution in [2.75, 3.05) is 13.7 Å². The lowest BCUT2D eigenvalue weighted by Gasteiger charge is -2.40. The van der Waals surface area contributed by atoms with Gasteiger partial charge < -0.3 is 13.6 Å². The summed E-state index contributed by atoms with van der Waals surface area (Å²) in [5.74, 6) is 0. The molecule has 2 atom stereocenters. The molecule has 0 N–H and O–H groups in total. The van der Waals surface area contributed by atoms with E-state index in [1.54, 1.807) is 7.11 Å². The van der Waals surface area contributed by atoms with Crippen LogP contribution in [-0.4, -0.2) is 42.6 Å². The van der Waals surface area contributed by atoms with E-state index in [0.29, 0.717) is 6.61 Å². The second-order valence-corrected chi connectivity index (χ2v) is 19.8. The molecule has 150 valence electrons. The molecule has 0 aliphatic rings. The Morgan fingerprint density at radius 1 is 0.880 bits per heavy atom. The zero-order chi connectivity index (χ0) is 20.1. The lowest BCUT2D eigenvalue weighted by atomic mass is 10.1. The van der Waals surface area contributed by atoms with Crippen LogP contribution in [0.1, 0.15) is 54.4 Å². The number of methoxy groups -OCH3 is 1. The first-order valence-corrected chi connectivity index (χ1v) is 15.3. The Kier molecular flexibility index (Phi) is 9.33. The Labute approximate surface area is 159 Å². The Bertz CT molecular complexity index is 406. The number of hydrogen-bond acceptors (Lipinski definition) is 3. The van der Waals surface area contributed by atoms with Crippen molar-refractivity contribution in [1.29, 1.82) is 0 Å². The third-order valence-corrected chi connectivity index (χ3v) is 15.0. The summed E-state index contributed by atoms with van der Waals surface area (Å²) in [7, 11) is -1.80. The zero-order valence-electron chi connectivity index (χ0n) is 18.8. The van der Waals surface area contributed by atoms with Crippen LogP contribution in [-0.2, 0) is 13.6 Å². The summed E-state index contributed by atoms with van der Waals surface area (Å²) in [6.45, 7) is 27.4. The molecular weight excluding hydrogens is 344 g/mol. The summed E-state index contributed by atoms with van der Waals surface area (Å²) in [6.07, 6.45) is 3.87. The minimum absolute atomic E-state index is 0.0591. The summed E-state index contributed by atoms with van der Waals surface area (Å²) >= 11 is 0. The number of ether oxygens (including phenoxy) is 1. The summed E-state index contributed by atoms with van der Waals surface area (Å²) in [5.41, 5.74) is 0. The SMILES string of the molecule is C=CC[C@H](C[C@H](CO[Si](C)(C)C(C)(C)C)OC)O[Si](C)(C)C(C)(C)C. The van der Waals surface area contributed by atoms with Crippen molar-refractivity contribution < 1.29 is 13.6 Å². The maximum absolute atomic E-state index is 6.62. The average Bonchev–Trinajstić information content (AvgIpc) is 2.40. The summed E-state index contributed by atoms with van der Waals surface area (Å²) < 4.78 is 18.7. The standard InChI is InChI=1S/C20H44O3Si2/c1-13-14-17(23-25(11,12)20(5,6)7)15-18(21-8)16-22-24(9,10)19(2,3)4/h13,17-18H,1,14-16H2,2-12H3/t17-,18-/m1/s1. The van der Waals surface area contributed by atoms with E-state index in [9.17, 15) is 0 Å². The molecular formula is C20H44O3Si2. The maximum Gasteiger partial charge on any atom is 0.192 e. The third-order valence-electron chi connectivity index (χ3n) is 5.99. The van der Waals surface area contributed by atoms with Gasteiger partial charge in [-0.15, -0.1) is 6.58 Å². The molecule has 0 aromatic rings. The van der Waals surface area contributed by atoms with Crippen molar-refractivity contribution in [2.45, 2.75) is 103 Å². The van der Waals surface area contributed by atoms with Gasteiger partial charge in [-0.1, -0.05) is 47.6 Å². The lowest BCUT2D eigenvalue weighted by molar-refractivity contribution is 0.0167. The van der Waals surface area contributed by atoms with Gasteiger partial charge in [0.1, 0.15) is 0 Å². The highest BCUT2D eigenvalue weighted by molar-refractivity contribution is 6.74. The Morgan fingerprint density at radius 2 is 1.36 bits per heavy atom. The quantitative estimate of drug-likeness (QED) is 0.321. The minimum Gasteiger partial charge on any atom is -0.414 e. The van der Waals surface area contributed by atoms with E-state index in [-0.39, 0.29) is 22.3 Å². The van der Waals surface area contributed by atoms with Crippen LogP contribution in [0, 0.1) is 0 Å². The first-order valence-electron chi connectivity index (χ1n) is 9.53. The highest BCUT2D eigenvalue weighted by atomic mass is 28.4. The molecule has 0 radical (unpaired) electrons. The van der Waals surface area contributed by atoms with E-state index < -0.39 is 16.6 Å². The fourth-order valence-corrected chi connectivity index (χ4v) is 4.43. The Morgan fingerprint density at radius 3 is 1.72 bits per heavy atom. The van der Waals surface area contributed by atoms with Crippen molar-refractivity contribution in [2.24, 2.45) is 0 Å². The topological polar surface area (TPSA) is 27.7 Å². The summed E-state index contributed by atoms with van der Waals surface area (Å²) in [4.78, 5) is 0. The zero-order valence-corrected chi connectivity index (χ0v) is 20.8. The van der Waals surface area contributed by atoms with E-state index in [1.807, 2.05) is 6.08 Å². The van der Waals surface area contributed by atoms with Crippen LogP contribution in [0.25, 0.3) is 0 Å². The van der Waals surface area contributed by atoms with Gasteiger partial charge in [-0.25, -0.2) is 0 Å². The molecule has 0 rings (SSSR count). The van der Waals surface area contributed by atoms with Crippen LogP contribution in [0.2, 0.25) is 36.3 Å². The molecule has 0 spiro atoms. The molecule has 0 saturated heterocycles. The van der Waals surface area contributed by atoms with Gasteiger partial charge in [-0.2, -0.15) is 0 Å². The van der Waals surface area contributed by atoms with Crippen molar-refractivity contribution in [1.82, 2.24) is 0 Å². The van der Waals surface area contributed by atoms with E-state index >= 15 is 0 Å². The van der Waals surface area contributed by atoms with Gasteiger partial charge >= 0.3 is 0 Å². The molecule has 25 heavy (non-hydrogen) atoms. The van der Waals surface area contributed by atoms with Crippen LogP contribution in [0.4, 0.5) is 0 Å². The van der Waals surface area contributed by atoms with Gasteiger partial charge in [0.15, 0.2) is 16.6 Å². The molecule has 0 bridgehead atoms. The molecule has 0 fully saturated rings. The smallest absolute Gasteiger partial charge is 0.192 e. The average molecular weight is 389 g/mol. The van der Waals surface area contributed by atoms with E-state index in [2.05, 4.69) is 74.3 Å². The Balaban J connectivity index is 4.95. The predicted molar refractivity (Wildman–Crippen MR) is 115 cm³/mol. The van der Waals surface area contributed by atoms with E-state index in [0.717, 1.165) is 12.8 Å². The third kappa shape index (κ3) is 8.08. The highest BCUT2D eigenvalue weighted by Gasteiger charge is 2.40. The summed E-state index contributed by atoms with van der Waals surface area (Å²) in [5, 5.41) is 0.413. The monoisotopic (exact) mass is 388 g/mol. The molecule has 0 aliphatic heterocycles. The van der Waals surface area contributed by atoms with Crippen molar-refractivity contribution in [3.8, 4) is 0 Å². The molecule has 0 aromatic heterocycles. The largest absolute Gasteiger partial charge is 0.414 e. The van der Waals surface area contributed by atoms with Gasteiger partial charge in [0, 0.05) is 13.5 Å². The highest BCUT2D eigenvalue weighted by Crippen LogP contribution is 2.39. The number of rotatable bonds is 10. The van der Waals surface area contributed by atoms with Gasteiger partial charge in [-0.3, -0.25) is 0 Å². The van der Waals surface area contributed by atoms with Gasteiger partial charge in [0.2, 0.25) is 0 Å². The maximum atomic E-state index is 6.62.